The molecule has 0 aliphatic heterocycles. The van der Waals surface area contributed by atoms with Crippen molar-refractivity contribution in [2.75, 3.05) is 6.54 Å². The van der Waals surface area contributed by atoms with Gasteiger partial charge in [-0.2, -0.15) is 13.9 Å². The molecule has 120 valence electrons. The van der Waals surface area contributed by atoms with E-state index in [0.717, 1.165) is 23.9 Å². The number of nitrogens with one attached hydrogen (secondary N) is 1. The molecule has 0 aliphatic carbocycles. The average Bonchev–Trinajstić information content (AvgIpc) is 2.86. The second-order valence-electron chi connectivity index (χ2n) is 4.93. The van der Waals surface area contributed by atoms with Crippen LogP contribution >= 0.6 is 15.9 Å². The molecule has 22 heavy (non-hydrogen) atoms. The van der Waals surface area contributed by atoms with Gasteiger partial charge in [-0.15, -0.1) is 0 Å². The van der Waals surface area contributed by atoms with E-state index in [4.69, 9.17) is 0 Å². The predicted molar refractivity (Wildman–Crippen MR) is 84.0 cm³/mol. The number of aryl methyl sites for hydroxylation is 2. The van der Waals surface area contributed by atoms with E-state index in [-0.39, 0.29) is 5.75 Å². The van der Waals surface area contributed by atoms with Gasteiger partial charge in [-0.3, -0.25) is 4.68 Å². The average molecular weight is 374 g/mol. The monoisotopic (exact) mass is 373 g/mol. The van der Waals surface area contributed by atoms with E-state index >= 15 is 0 Å². The summed E-state index contributed by atoms with van der Waals surface area (Å²) in [5.41, 5.74) is 1.89. The Morgan fingerprint density at radius 3 is 2.91 bits per heavy atom. The van der Waals surface area contributed by atoms with Gasteiger partial charge in [0.1, 0.15) is 5.75 Å². The van der Waals surface area contributed by atoms with Crippen LogP contribution in [0.2, 0.25) is 0 Å². The quantitative estimate of drug-likeness (QED) is 0.719. The second kappa shape index (κ2) is 8.24. The minimum absolute atomic E-state index is 0.206. The lowest BCUT2D eigenvalue weighted by Crippen LogP contribution is -2.16. The third-order valence-electron chi connectivity index (χ3n) is 3.13. The molecule has 0 bridgehead atoms. The number of nitrogens with zero attached hydrogens (tertiary/aromatic N) is 2. The third kappa shape index (κ3) is 5.38. The summed E-state index contributed by atoms with van der Waals surface area (Å²) in [6.07, 6.45) is 5.72. The van der Waals surface area contributed by atoms with E-state index in [2.05, 4.69) is 31.1 Å². The van der Waals surface area contributed by atoms with Crippen LogP contribution in [0.3, 0.4) is 0 Å². The lowest BCUT2D eigenvalue weighted by molar-refractivity contribution is -0.0505. The van der Waals surface area contributed by atoms with Crippen LogP contribution in [-0.4, -0.2) is 22.9 Å². The van der Waals surface area contributed by atoms with E-state index in [1.54, 1.807) is 22.9 Å². The van der Waals surface area contributed by atoms with Gasteiger partial charge in [-0.25, -0.2) is 0 Å². The number of halogens is 3. The molecule has 0 spiro atoms. The lowest BCUT2D eigenvalue weighted by Gasteiger charge is -2.12. The molecule has 0 unspecified atom stereocenters. The van der Waals surface area contributed by atoms with Crippen LogP contribution in [0, 0.1) is 0 Å². The molecule has 1 heterocycles. The zero-order valence-corrected chi connectivity index (χ0v) is 13.8. The number of rotatable bonds is 8. The van der Waals surface area contributed by atoms with Gasteiger partial charge in [0, 0.05) is 29.8 Å². The predicted octanol–water partition coefficient (Wildman–Crippen LogP) is 3.51. The SMILES string of the molecule is Cn1cc(CCCNCc2cc(Br)ccc2OC(F)F)cn1. The normalized spacial score (nSPS) is 11.1. The molecular weight excluding hydrogens is 356 g/mol. The van der Waals surface area contributed by atoms with Crippen molar-refractivity contribution in [3.8, 4) is 5.75 Å². The molecule has 0 radical (unpaired) electrons. The van der Waals surface area contributed by atoms with Crippen LogP contribution in [0.5, 0.6) is 5.75 Å². The van der Waals surface area contributed by atoms with Crippen molar-refractivity contribution in [2.24, 2.45) is 7.05 Å². The number of hydrogen-bond donors (Lipinski definition) is 1. The van der Waals surface area contributed by atoms with Crippen LogP contribution in [0.15, 0.2) is 35.1 Å². The maximum absolute atomic E-state index is 12.4. The fraction of sp³-hybridized carbons (Fsp3) is 0.400. The van der Waals surface area contributed by atoms with Gasteiger partial charge >= 0.3 is 6.61 Å². The van der Waals surface area contributed by atoms with E-state index < -0.39 is 6.61 Å². The fourth-order valence-corrected chi connectivity index (χ4v) is 2.55. The van der Waals surface area contributed by atoms with Crippen LogP contribution in [0.25, 0.3) is 0 Å². The van der Waals surface area contributed by atoms with Gasteiger partial charge in [-0.05, 0) is 43.1 Å². The molecule has 0 saturated carbocycles. The van der Waals surface area contributed by atoms with Gasteiger partial charge < -0.3 is 10.1 Å². The highest BCUT2D eigenvalue weighted by Crippen LogP contribution is 2.24. The van der Waals surface area contributed by atoms with Gasteiger partial charge in [0.25, 0.3) is 0 Å². The van der Waals surface area contributed by atoms with Crippen molar-refractivity contribution in [3.05, 3.63) is 46.2 Å². The fourth-order valence-electron chi connectivity index (χ4n) is 2.14. The van der Waals surface area contributed by atoms with Crippen molar-refractivity contribution in [1.29, 1.82) is 0 Å². The molecule has 0 fully saturated rings. The smallest absolute Gasteiger partial charge is 0.387 e. The second-order valence-corrected chi connectivity index (χ2v) is 5.85. The van der Waals surface area contributed by atoms with Crippen molar-refractivity contribution in [1.82, 2.24) is 15.1 Å². The maximum Gasteiger partial charge on any atom is 0.387 e. The molecule has 2 aromatic rings. The van der Waals surface area contributed by atoms with Gasteiger partial charge in [0.05, 0.1) is 6.20 Å². The Balaban J connectivity index is 1.79. The zero-order chi connectivity index (χ0) is 15.9. The Labute approximate surface area is 136 Å². The molecule has 1 aromatic carbocycles. The molecule has 0 saturated heterocycles. The first-order valence-corrected chi connectivity index (χ1v) is 7.75. The van der Waals surface area contributed by atoms with E-state index in [0.29, 0.717) is 12.1 Å². The molecule has 4 nitrogen and oxygen atoms in total. The standard InChI is InChI=1S/C15H18BrF2N3O/c1-21-10-11(8-20-21)3-2-6-19-9-12-7-13(16)4-5-14(12)22-15(17)18/h4-5,7-8,10,15,19H,2-3,6,9H2,1H3. The molecule has 0 aliphatic rings. The lowest BCUT2D eigenvalue weighted by atomic mass is 10.2. The van der Waals surface area contributed by atoms with Crippen LogP contribution in [0.1, 0.15) is 17.5 Å². The number of aromatic nitrogens is 2. The number of alkyl halides is 2. The highest BCUT2D eigenvalue weighted by Gasteiger charge is 2.09. The number of ether oxygens (including phenoxy) is 1. The summed E-state index contributed by atoms with van der Waals surface area (Å²) in [5, 5.41) is 7.36. The largest absolute Gasteiger partial charge is 0.434 e. The van der Waals surface area contributed by atoms with Gasteiger partial charge in [0.15, 0.2) is 0 Å². The van der Waals surface area contributed by atoms with Gasteiger partial charge in [-0.1, -0.05) is 15.9 Å². The Bertz CT molecular complexity index is 604. The Morgan fingerprint density at radius 2 is 2.23 bits per heavy atom. The Kier molecular flexibility index (Phi) is 6.33. The van der Waals surface area contributed by atoms with Crippen LogP contribution in [0.4, 0.5) is 8.78 Å². The van der Waals surface area contributed by atoms with Crippen LogP contribution < -0.4 is 10.1 Å². The molecule has 0 amide bonds. The molecule has 1 N–H and O–H groups in total. The van der Waals surface area contributed by atoms with Crippen molar-refractivity contribution >= 4 is 15.9 Å². The summed E-state index contributed by atoms with van der Waals surface area (Å²) in [7, 11) is 1.89. The summed E-state index contributed by atoms with van der Waals surface area (Å²) in [5.74, 6) is 0.206. The first-order chi connectivity index (χ1) is 10.5. The van der Waals surface area contributed by atoms with E-state index in [1.807, 2.05) is 19.4 Å². The molecule has 1 aromatic heterocycles. The summed E-state index contributed by atoms with van der Waals surface area (Å²) in [6, 6.07) is 5.01. The summed E-state index contributed by atoms with van der Waals surface area (Å²) in [4.78, 5) is 0. The summed E-state index contributed by atoms with van der Waals surface area (Å²) < 4.78 is 31.9. The molecular formula is C15H18BrF2N3O. The van der Waals surface area contributed by atoms with Crippen LogP contribution in [-0.2, 0) is 20.0 Å². The highest BCUT2D eigenvalue weighted by atomic mass is 79.9. The Hall–Kier alpha value is -1.47. The van der Waals surface area contributed by atoms with E-state index in [1.165, 1.54) is 5.56 Å². The minimum atomic E-state index is -2.81. The molecule has 2 rings (SSSR count). The van der Waals surface area contributed by atoms with Crippen molar-refractivity contribution < 1.29 is 13.5 Å². The topological polar surface area (TPSA) is 39.1 Å². The summed E-state index contributed by atoms with van der Waals surface area (Å²) >= 11 is 3.34. The Morgan fingerprint density at radius 1 is 1.41 bits per heavy atom. The maximum atomic E-state index is 12.4. The number of benzene rings is 1. The van der Waals surface area contributed by atoms with Crippen molar-refractivity contribution in [2.45, 2.75) is 26.0 Å². The third-order valence-corrected chi connectivity index (χ3v) is 3.62. The highest BCUT2D eigenvalue weighted by molar-refractivity contribution is 9.10. The minimum Gasteiger partial charge on any atom is -0.434 e. The van der Waals surface area contributed by atoms with Crippen molar-refractivity contribution in [3.63, 3.8) is 0 Å². The first-order valence-electron chi connectivity index (χ1n) is 6.96. The number of hydrogen-bond acceptors (Lipinski definition) is 3. The van der Waals surface area contributed by atoms with Gasteiger partial charge in [0.2, 0.25) is 0 Å². The van der Waals surface area contributed by atoms with E-state index in [9.17, 15) is 8.78 Å². The first kappa shape index (κ1) is 16.9. The summed E-state index contributed by atoms with van der Waals surface area (Å²) in [6.45, 7) is -1.55. The molecule has 0 atom stereocenters. The molecule has 7 heteroatoms. The zero-order valence-electron chi connectivity index (χ0n) is 12.2.